The number of Topliss-reactive ketones (excluding diaryl/α,β-unsaturated/α-hetero) is 1. The van der Waals surface area contributed by atoms with Crippen molar-refractivity contribution in [2.24, 2.45) is 5.73 Å². The van der Waals surface area contributed by atoms with Crippen molar-refractivity contribution in [1.29, 1.82) is 0 Å². The Balaban J connectivity index is 2.38. The Bertz CT molecular complexity index is 378. The Kier molecular flexibility index (Phi) is 2.21. The van der Waals surface area contributed by atoms with Crippen LogP contribution in [0.15, 0.2) is 18.2 Å². The van der Waals surface area contributed by atoms with Crippen LogP contribution in [0.4, 0.5) is 10.1 Å². The van der Waals surface area contributed by atoms with Crippen molar-refractivity contribution in [3.8, 4) is 0 Å². The first kappa shape index (κ1) is 9.15. The van der Waals surface area contributed by atoms with Gasteiger partial charge in [0.15, 0.2) is 5.78 Å². The molecule has 1 aliphatic rings. The third kappa shape index (κ3) is 1.37. The third-order valence-corrected chi connectivity index (χ3v) is 2.48. The topological polar surface area (TPSA) is 55.1 Å². The van der Waals surface area contributed by atoms with Crippen LogP contribution in [0.5, 0.6) is 0 Å². The quantitative estimate of drug-likeness (QED) is 0.734. The van der Waals surface area contributed by atoms with Crippen LogP contribution in [0, 0.1) is 5.82 Å². The van der Waals surface area contributed by atoms with Gasteiger partial charge in [-0.3, -0.25) is 4.79 Å². The molecule has 1 atom stereocenters. The number of hydrogen-bond donors (Lipinski definition) is 2. The molecule has 0 fully saturated rings. The summed E-state index contributed by atoms with van der Waals surface area (Å²) in [5, 5.41) is 3.05. The summed E-state index contributed by atoms with van der Waals surface area (Å²) < 4.78 is 12.9. The number of rotatable bonds is 2. The van der Waals surface area contributed by atoms with Crippen molar-refractivity contribution >= 4 is 11.5 Å². The minimum absolute atomic E-state index is 0.00228. The van der Waals surface area contributed by atoms with Crippen molar-refractivity contribution in [3.63, 3.8) is 0 Å². The highest BCUT2D eigenvalue weighted by Gasteiger charge is 2.27. The number of hydrogen-bond acceptors (Lipinski definition) is 3. The highest BCUT2D eigenvalue weighted by atomic mass is 19.1. The lowest BCUT2D eigenvalue weighted by Crippen LogP contribution is -2.22. The highest BCUT2D eigenvalue weighted by Crippen LogP contribution is 2.32. The van der Waals surface area contributed by atoms with Crippen molar-refractivity contribution < 1.29 is 9.18 Å². The minimum atomic E-state index is -0.317. The molecule has 0 radical (unpaired) electrons. The van der Waals surface area contributed by atoms with Crippen LogP contribution >= 0.6 is 0 Å². The van der Waals surface area contributed by atoms with Crippen LogP contribution in [-0.2, 0) is 4.79 Å². The van der Waals surface area contributed by atoms with Gasteiger partial charge >= 0.3 is 0 Å². The molecular formula is C10H11FN2O. The maximum absolute atomic E-state index is 12.9. The standard InChI is InChI=1S/C10H11FN2O/c11-6-1-2-9-7(3-6)8(5-13-9)10(14)4-12/h1-3,8,13H,4-5,12H2. The molecule has 1 aromatic rings. The number of fused-ring (bicyclic) bond motifs is 1. The maximum Gasteiger partial charge on any atom is 0.155 e. The summed E-state index contributed by atoms with van der Waals surface area (Å²) in [7, 11) is 0. The average Bonchev–Trinajstić information content (AvgIpc) is 2.59. The first-order valence-corrected chi connectivity index (χ1v) is 4.48. The maximum atomic E-state index is 12.9. The second-order valence-corrected chi connectivity index (χ2v) is 3.34. The number of anilines is 1. The molecular weight excluding hydrogens is 183 g/mol. The van der Waals surface area contributed by atoms with E-state index in [-0.39, 0.29) is 24.1 Å². The molecule has 1 aliphatic heterocycles. The summed E-state index contributed by atoms with van der Waals surface area (Å²) in [6.07, 6.45) is 0. The predicted molar refractivity (Wildman–Crippen MR) is 51.7 cm³/mol. The van der Waals surface area contributed by atoms with Crippen molar-refractivity contribution in [2.75, 3.05) is 18.4 Å². The van der Waals surface area contributed by atoms with E-state index in [0.717, 1.165) is 11.3 Å². The molecule has 1 unspecified atom stereocenters. The molecule has 4 heteroatoms. The zero-order valence-corrected chi connectivity index (χ0v) is 7.59. The van der Waals surface area contributed by atoms with Gasteiger partial charge in [-0.05, 0) is 23.8 Å². The molecule has 2 rings (SSSR count). The number of nitrogens with one attached hydrogen (secondary N) is 1. The predicted octanol–water partition coefficient (Wildman–Crippen LogP) is 0.863. The van der Waals surface area contributed by atoms with Gasteiger partial charge in [0.1, 0.15) is 5.82 Å². The smallest absolute Gasteiger partial charge is 0.155 e. The van der Waals surface area contributed by atoms with E-state index in [4.69, 9.17) is 5.73 Å². The number of halogens is 1. The van der Waals surface area contributed by atoms with Crippen LogP contribution in [0.2, 0.25) is 0 Å². The number of benzene rings is 1. The molecule has 0 saturated carbocycles. The normalized spacial score (nSPS) is 18.9. The molecule has 0 saturated heterocycles. The Morgan fingerprint density at radius 3 is 3.14 bits per heavy atom. The zero-order valence-electron chi connectivity index (χ0n) is 7.59. The van der Waals surface area contributed by atoms with Gasteiger partial charge < -0.3 is 11.1 Å². The second kappa shape index (κ2) is 3.38. The van der Waals surface area contributed by atoms with E-state index < -0.39 is 0 Å². The monoisotopic (exact) mass is 194 g/mol. The summed E-state index contributed by atoms with van der Waals surface area (Å²) in [6, 6.07) is 4.42. The summed E-state index contributed by atoms with van der Waals surface area (Å²) in [4.78, 5) is 11.4. The molecule has 3 N–H and O–H groups in total. The summed E-state index contributed by atoms with van der Waals surface area (Å²) in [6.45, 7) is 0.525. The van der Waals surface area contributed by atoms with Crippen LogP contribution in [0.25, 0.3) is 0 Å². The molecule has 0 amide bonds. The molecule has 1 aromatic carbocycles. The lowest BCUT2D eigenvalue weighted by atomic mass is 9.97. The van der Waals surface area contributed by atoms with E-state index in [1.165, 1.54) is 12.1 Å². The Morgan fingerprint density at radius 1 is 1.64 bits per heavy atom. The van der Waals surface area contributed by atoms with Gasteiger partial charge in [0, 0.05) is 12.2 Å². The van der Waals surface area contributed by atoms with Gasteiger partial charge in [-0.15, -0.1) is 0 Å². The molecule has 0 aromatic heterocycles. The largest absolute Gasteiger partial charge is 0.384 e. The van der Waals surface area contributed by atoms with Gasteiger partial charge in [0.05, 0.1) is 12.5 Å². The van der Waals surface area contributed by atoms with Gasteiger partial charge in [-0.25, -0.2) is 4.39 Å². The minimum Gasteiger partial charge on any atom is -0.384 e. The lowest BCUT2D eigenvalue weighted by Gasteiger charge is -2.06. The van der Waals surface area contributed by atoms with E-state index in [1.807, 2.05) is 0 Å². The highest BCUT2D eigenvalue weighted by molar-refractivity contribution is 5.91. The van der Waals surface area contributed by atoms with E-state index >= 15 is 0 Å². The van der Waals surface area contributed by atoms with Crippen molar-refractivity contribution in [2.45, 2.75) is 5.92 Å². The number of ketones is 1. The summed E-state index contributed by atoms with van der Waals surface area (Å²) in [5.41, 5.74) is 6.83. The van der Waals surface area contributed by atoms with E-state index in [9.17, 15) is 9.18 Å². The molecule has 14 heavy (non-hydrogen) atoms. The average molecular weight is 194 g/mol. The molecule has 0 aliphatic carbocycles. The van der Waals surface area contributed by atoms with Gasteiger partial charge in [-0.1, -0.05) is 0 Å². The fourth-order valence-electron chi connectivity index (χ4n) is 1.73. The molecule has 74 valence electrons. The van der Waals surface area contributed by atoms with E-state index in [2.05, 4.69) is 5.32 Å². The molecule has 1 heterocycles. The number of carbonyl (C=O) groups excluding carboxylic acids is 1. The van der Waals surface area contributed by atoms with Crippen molar-refractivity contribution in [3.05, 3.63) is 29.6 Å². The Hall–Kier alpha value is -1.42. The van der Waals surface area contributed by atoms with Gasteiger partial charge in [0.25, 0.3) is 0 Å². The van der Waals surface area contributed by atoms with Crippen LogP contribution in [-0.4, -0.2) is 18.9 Å². The van der Waals surface area contributed by atoms with Gasteiger partial charge in [-0.2, -0.15) is 0 Å². The van der Waals surface area contributed by atoms with Crippen LogP contribution in [0.3, 0.4) is 0 Å². The first-order chi connectivity index (χ1) is 6.72. The summed E-state index contributed by atoms with van der Waals surface area (Å²) in [5.74, 6) is -0.658. The summed E-state index contributed by atoms with van der Waals surface area (Å²) >= 11 is 0. The fraction of sp³-hybridized carbons (Fsp3) is 0.300. The van der Waals surface area contributed by atoms with Gasteiger partial charge in [0.2, 0.25) is 0 Å². The Labute approximate surface area is 81.1 Å². The molecule has 3 nitrogen and oxygen atoms in total. The van der Waals surface area contributed by atoms with Crippen LogP contribution in [0.1, 0.15) is 11.5 Å². The van der Waals surface area contributed by atoms with Crippen LogP contribution < -0.4 is 11.1 Å². The van der Waals surface area contributed by atoms with Crippen molar-refractivity contribution in [1.82, 2.24) is 0 Å². The van der Waals surface area contributed by atoms with E-state index in [0.29, 0.717) is 6.54 Å². The Morgan fingerprint density at radius 2 is 2.43 bits per heavy atom. The lowest BCUT2D eigenvalue weighted by molar-refractivity contribution is -0.118. The zero-order chi connectivity index (χ0) is 10.1. The number of nitrogens with two attached hydrogens (primary N) is 1. The second-order valence-electron chi connectivity index (χ2n) is 3.34. The fourth-order valence-corrected chi connectivity index (χ4v) is 1.73. The van der Waals surface area contributed by atoms with E-state index in [1.54, 1.807) is 6.07 Å². The number of carbonyl (C=O) groups is 1. The molecule has 0 bridgehead atoms. The first-order valence-electron chi connectivity index (χ1n) is 4.48. The third-order valence-electron chi connectivity index (χ3n) is 2.48. The SMILES string of the molecule is NCC(=O)C1CNc2ccc(F)cc21. The molecule has 0 spiro atoms.